The summed E-state index contributed by atoms with van der Waals surface area (Å²) in [5, 5.41) is 0. The van der Waals surface area contributed by atoms with E-state index in [2.05, 4.69) is 27.2 Å². The van der Waals surface area contributed by atoms with E-state index in [0.29, 0.717) is 4.47 Å². The van der Waals surface area contributed by atoms with Gasteiger partial charge >= 0.3 is 0 Å². The maximum absolute atomic E-state index is 13.4. The summed E-state index contributed by atoms with van der Waals surface area (Å²) in [6, 6.07) is 2.07. The number of sulfonamides is 1. The minimum Gasteiger partial charge on any atom is -0.398 e. The van der Waals surface area contributed by atoms with Crippen LogP contribution in [0.15, 0.2) is 34.2 Å². The molecule has 0 saturated heterocycles. The van der Waals surface area contributed by atoms with Crippen molar-refractivity contribution >= 4 is 31.6 Å². The van der Waals surface area contributed by atoms with Gasteiger partial charge in [0.1, 0.15) is 10.7 Å². The first-order chi connectivity index (χ1) is 7.38. The fraction of sp³-hybridized carbons (Fsp3) is 0.111. The lowest BCUT2D eigenvalue weighted by Gasteiger charge is -2.07. The van der Waals surface area contributed by atoms with Crippen LogP contribution in [0.2, 0.25) is 0 Å². The Bertz CT molecular complexity index is 516. The lowest BCUT2D eigenvalue weighted by molar-refractivity contribution is 0.559. The van der Waals surface area contributed by atoms with Crippen LogP contribution in [-0.2, 0) is 10.0 Å². The van der Waals surface area contributed by atoms with E-state index in [1.165, 1.54) is 6.08 Å². The van der Waals surface area contributed by atoms with E-state index in [1.807, 2.05) is 0 Å². The van der Waals surface area contributed by atoms with E-state index in [-0.39, 0.29) is 12.2 Å². The predicted octanol–water partition coefficient (Wildman–Crippen LogP) is 1.63. The van der Waals surface area contributed by atoms with Gasteiger partial charge < -0.3 is 5.73 Å². The summed E-state index contributed by atoms with van der Waals surface area (Å²) in [6.07, 6.45) is 1.36. The molecule has 1 aromatic rings. The second-order valence-electron chi connectivity index (χ2n) is 2.94. The Hall–Kier alpha value is -0.920. The Labute approximate surface area is 102 Å². The Balaban J connectivity index is 3.23. The average Bonchev–Trinajstić information content (AvgIpc) is 2.20. The molecule has 1 aromatic carbocycles. The molecule has 3 N–H and O–H groups in total. The maximum atomic E-state index is 13.4. The molecule has 0 bridgehead atoms. The van der Waals surface area contributed by atoms with Crippen LogP contribution in [0.4, 0.5) is 10.1 Å². The molecule has 0 aliphatic carbocycles. The zero-order valence-electron chi connectivity index (χ0n) is 8.20. The number of halogens is 2. The van der Waals surface area contributed by atoms with Gasteiger partial charge in [0.15, 0.2) is 0 Å². The first-order valence-electron chi connectivity index (χ1n) is 4.23. The molecule has 1 rings (SSSR count). The van der Waals surface area contributed by atoms with Gasteiger partial charge in [-0.1, -0.05) is 6.08 Å². The molecule has 0 fully saturated rings. The summed E-state index contributed by atoms with van der Waals surface area (Å²) < 4.78 is 39.1. The number of rotatable bonds is 4. The van der Waals surface area contributed by atoms with Crippen LogP contribution in [0, 0.1) is 5.82 Å². The van der Waals surface area contributed by atoms with E-state index in [1.54, 1.807) is 0 Å². The number of hydrogen-bond acceptors (Lipinski definition) is 3. The number of nitrogens with one attached hydrogen (secondary N) is 1. The van der Waals surface area contributed by atoms with Crippen LogP contribution in [-0.4, -0.2) is 15.0 Å². The molecule has 88 valence electrons. The molecule has 0 aliphatic rings. The summed E-state index contributed by atoms with van der Waals surface area (Å²) >= 11 is 3.00. The molecule has 0 radical (unpaired) electrons. The highest BCUT2D eigenvalue weighted by atomic mass is 79.9. The van der Waals surface area contributed by atoms with Crippen LogP contribution in [0.3, 0.4) is 0 Å². The van der Waals surface area contributed by atoms with E-state index >= 15 is 0 Å². The molecule has 0 saturated carbocycles. The van der Waals surface area contributed by atoms with Crippen molar-refractivity contribution < 1.29 is 12.8 Å². The van der Waals surface area contributed by atoms with Crippen LogP contribution in [0.25, 0.3) is 0 Å². The first kappa shape index (κ1) is 13.1. The maximum Gasteiger partial charge on any atom is 0.243 e. The molecule has 0 aliphatic heterocycles. The highest BCUT2D eigenvalue weighted by molar-refractivity contribution is 9.10. The minimum atomic E-state index is -3.89. The van der Waals surface area contributed by atoms with Gasteiger partial charge in [-0.25, -0.2) is 17.5 Å². The van der Waals surface area contributed by atoms with Crippen LogP contribution >= 0.6 is 15.9 Å². The van der Waals surface area contributed by atoms with Crippen molar-refractivity contribution in [1.29, 1.82) is 0 Å². The van der Waals surface area contributed by atoms with Crippen LogP contribution in [0.5, 0.6) is 0 Å². The van der Waals surface area contributed by atoms with Gasteiger partial charge in [0.2, 0.25) is 10.0 Å². The summed E-state index contributed by atoms with van der Waals surface area (Å²) in [6.45, 7) is 3.38. The third-order valence-corrected chi connectivity index (χ3v) is 3.88. The highest BCUT2D eigenvalue weighted by Crippen LogP contribution is 2.25. The van der Waals surface area contributed by atoms with Gasteiger partial charge in [-0.2, -0.15) is 0 Å². The molecule has 0 atom stereocenters. The van der Waals surface area contributed by atoms with Crippen molar-refractivity contribution in [2.75, 3.05) is 12.3 Å². The first-order valence-corrected chi connectivity index (χ1v) is 6.51. The summed E-state index contributed by atoms with van der Waals surface area (Å²) in [5.41, 5.74) is 5.64. The number of nitrogens with two attached hydrogens (primary N) is 1. The number of anilines is 1. The molecular weight excluding hydrogens is 299 g/mol. The molecule has 4 nitrogen and oxygen atoms in total. The van der Waals surface area contributed by atoms with Gasteiger partial charge in [-0.15, -0.1) is 6.58 Å². The molecule has 0 unspecified atom stereocenters. The molecule has 0 amide bonds. The molecule has 0 spiro atoms. The largest absolute Gasteiger partial charge is 0.398 e. The van der Waals surface area contributed by atoms with Gasteiger partial charge in [-0.3, -0.25) is 0 Å². The Morgan fingerprint density at radius 3 is 2.75 bits per heavy atom. The summed E-state index contributed by atoms with van der Waals surface area (Å²) in [7, 11) is -3.89. The normalized spacial score (nSPS) is 11.4. The lowest BCUT2D eigenvalue weighted by Crippen LogP contribution is -2.24. The Morgan fingerprint density at radius 1 is 1.56 bits per heavy atom. The monoisotopic (exact) mass is 308 g/mol. The second-order valence-corrected chi connectivity index (χ2v) is 5.53. The lowest BCUT2D eigenvalue weighted by atomic mass is 10.3. The highest BCUT2D eigenvalue weighted by Gasteiger charge is 2.19. The molecule has 7 heteroatoms. The van der Waals surface area contributed by atoms with Crippen molar-refractivity contribution in [1.82, 2.24) is 4.72 Å². The van der Waals surface area contributed by atoms with Crippen LogP contribution < -0.4 is 10.5 Å². The van der Waals surface area contributed by atoms with Crippen molar-refractivity contribution in [3.8, 4) is 0 Å². The van der Waals surface area contributed by atoms with Gasteiger partial charge in [0, 0.05) is 16.7 Å². The number of nitrogen functional groups attached to an aromatic ring is 1. The zero-order chi connectivity index (χ0) is 12.3. The van der Waals surface area contributed by atoms with Crippen molar-refractivity contribution in [3.05, 3.63) is 35.1 Å². The van der Waals surface area contributed by atoms with E-state index < -0.39 is 20.7 Å². The fourth-order valence-corrected chi connectivity index (χ4v) is 2.40. The number of benzene rings is 1. The zero-order valence-corrected chi connectivity index (χ0v) is 10.6. The quantitative estimate of drug-likeness (QED) is 0.656. The second kappa shape index (κ2) is 4.94. The van der Waals surface area contributed by atoms with Crippen molar-refractivity contribution in [2.24, 2.45) is 0 Å². The third-order valence-electron chi connectivity index (χ3n) is 1.76. The molecular formula is C9H10BrFN2O2S. The summed E-state index contributed by atoms with van der Waals surface area (Å²) in [5.74, 6) is -0.863. The Morgan fingerprint density at radius 2 is 2.19 bits per heavy atom. The number of hydrogen-bond donors (Lipinski definition) is 2. The fourth-order valence-electron chi connectivity index (χ4n) is 0.997. The SMILES string of the molecule is C=CCNS(=O)(=O)c1cc(N)c(Br)cc1F. The molecule has 16 heavy (non-hydrogen) atoms. The average molecular weight is 309 g/mol. The van der Waals surface area contributed by atoms with E-state index in [9.17, 15) is 12.8 Å². The van der Waals surface area contributed by atoms with Gasteiger partial charge in [0.25, 0.3) is 0 Å². The predicted molar refractivity (Wildman–Crippen MR) is 63.9 cm³/mol. The standard InChI is InChI=1S/C9H10BrFN2O2S/c1-2-3-13-16(14,15)9-5-8(12)6(10)4-7(9)11/h2,4-5,13H,1,3,12H2. The minimum absolute atomic E-state index is 0.0255. The van der Waals surface area contributed by atoms with E-state index in [4.69, 9.17) is 5.73 Å². The van der Waals surface area contributed by atoms with Crippen molar-refractivity contribution in [2.45, 2.75) is 4.90 Å². The topological polar surface area (TPSA) is 72.2 Å². The van der Waals surface area contributed by atoms with Gasteiger partial charge in [-0.05, 0) is 28.1 Å². The van der Waals surface area contributed by atoms with E-state index in [0.717, 1.165) is 12.1 Å². The third kappa shape index (κ3) is 2.81. The van der Waals surface area contributed by atoms with Gasteiger partial charge in [0.05, 0.1) is 0 Å². The van der Waals surface area contributed by atoms with Crippen molar-refractivity contribution in [3.63, 3.8) is 0 Å². The van der Waals surface area contributed by atoms with Crippen LogP contribution in [0.1, 0.15) is 0 Å². The Kier molecular flexibility index (Phi) is 4.06. The molecule has 0 heterocycles. The molecule has 0 aromatic heterocycles. The summed E-state index contributed by atoms with van der Waals surface area (Å²) in [4.78, 5) is -0.477. The smallest absolute Gasteiger partial charge is 0.243 e.